The van der Waals surface area contributed by atoms with Crippen LogP contribution in [0.4, 0.5) is 4.79 Å². The van der Waals surface area contributed by atoms with E-state index < -0.39 is 17.7 Å². The fourth-order valence-corrected chi connectivity index (χ4v) is 3.68. The Bertz CT molecular complexity index is 1150. The predicted molar refractivity (Wildman–Crippen MR) is 134 cm³/mol. The first-order valence-electron chi connectivity index (χ1n) is 11.3. The molecule has 2 aromatic carbocycles. The molecule has 0 fully saturated rings. The largest absolute Gasteiger partial charge is 0.444 e. The molecule has 0 radical (unpaired) electrons. The third-order valence-corrected chi connectivity index (χ3v) is 5.28. The lowest BCUT2D eigenvalue weighted by atomic mass is 10.0. The molecule has 0 aliphatic carbocycles. The Morgan fingerprint density at radius 3 is 2.44 bits per heavy atom. The summed E-state index contributed by atoms with van der Waals surface area (Å²) in [4.78, 5) is 30.5. The Morgan fingerprint density at radius 1 is 1.09 bits per heavy atom. The first-order valence-corrected chi connectivity index (χ1v) is 11.3. The molecular weight excluding hydrogens is 430 g/mol. The van der Waals surface area contributed by atoms with Gasteiger partial charge in [0.2, 0.25) is 0 Å². The second-order valence-corrected chi connectivity index (χ2v) is 9.06. The van der Waals surface area contributed by atoms with Crippen molar-refractivity contribution in [3.8, 4) is 0 Å². The molecule has 3 rings (SSSR count). The number of hydroxylamine groups is 2. The van der Waals surface area contributed by atoms with Crippen molar-refractivity contribution in [2.45, 2.75) is 45.4 Å². The van der Waals surface area contributed by atoms with E-state index in [0.29, 0.717) is 13.0 Å². The Kier molecular flexibility index (Phi) is 8.12. The molecule has 0 spiro atoms. The minimum atomic E-state index is -0.848. The first-order chi connectivity index (χ1) is 16.2. The number of benzene rings is 2. The smallest absolute Gasteiger partial charge is 0.408 e. The number of nitrogens with one attached hydrogen (secondary N) is 1. The lowest BCUT2D eigenvalue weighted by Gasteiger charge is -2.25. The Labute approximate surface area is 200 Å². The Balaban J connectivity index is 1.86. The maximum absolute atomic E-state index is 13.0. The van der Waals surface area contributed by atoms with Crippen LogP contribution in [0.2, 0.25) is 0 Å². The molecule has 0 aliphatic heterocycles. The topological polar surface area (TPSA) is 72.8 Å². The molecule has 1 unspecified atom stereocenters. The number of allylic oxidation sites excluding steroid dienone is 1. The number of carbonyl (C=O) groups excluding carboxylic acids is 2. The number of aromatic nitrogens is 1. The van der Waals surface area contributed by atoms with E-state index >= 15 is 0 Å². The van der Waals surface area contributed by atoms with Crippen molar-refractivity contribution < 1.29 is 19.2 Å². The van der Waals surface area contributed by atoms with Crippen LogP contribution in [-0.2, 0) is 27.3 Å². The highest BCUT2D eigenvalue weighted by molar-refractivity contribution is 5.88. The van der Waals surface area contributed by atoms with Crippen molar-refractivity contribution in [2.75, 3.05) is 14.2 Å². The molecule has 1 N–H and O–H groups in total. The number of fused-ring (bicyclic) bond motifs is 1. The molecule has 1 aromatic heterocycles. The molecular formula is C27H33N3O4. The molecule has 0 aliphatic rings. The summed E-state index contributed by atoms with van der Waals surface area (Å²) in [6.45, 7) is 6.01. The second kappa shape index (κ2) is 11.0. The summed E-state index contributed by atoms with van der Waals surface area (Å²) in [6.07, 6.45) is 5.86. The van der Waals surface area contributed by atoms with E-state index in [9.17, 15) is 9.59 Å². The van der Waals surface area contributed by atoms with Gasteiger partial charge in [0.25, 0.3) is 5.91 Å². The van der Waals surface area contributed by atoms with Crippen molar-refractivity contribution in [2.24, 2.45) is 0 Å². The van der Waals surface area contributed by atoms with Gasteiger partial charge in [0, 0.05) is 37.1 Å². The number of para-hydroxylation sites is 1. The third kappa shape index (κ3) is 6.71. The maximum atomic E-state index is 13.0. The van der Waals surface area contributed by atoms with Gasteiger partial charge in [-0.2, -0.15) is 0 Å². The average Bonchev–Trinajstić information content (AvgIpc) is 3.14. The SMILES string of the molecule is CON(C)C(=O)C(Cc1cn(CC=Cc2ccccc2)c2ccccc12)NC(=O)OC(C)(C)C. The van der Waals surface area contributed by atoms with Crippen molar-refractivity contribution in [3.63, 3.8) is 0 Å². The van der Waals surface area contributed by atoms with Gasteiger partial charge < -0.3 is 14.6 Å². The molecule has 0 bridgehead atoms. The van der Waals surface area contributed by atoms with Crippen molar-refractivity contribution >= 4 is 29.0 Å². The lowest BCUT2D eigenvalue weighted by Crippen LogP contribution is -2.49. The van der Waals surface area contributed by atoms with Gasteiger partial charge in [0.1, 0.15) is 11.6 Å². The quantitative estimate of drug-likeness (QED) is 0.487. The van der Waals surface area contributed by atoms with Crippen LogP contribution in [-0.4, -0.2) is 47.4 Å². The normalized spacial score (nSPS) is 12.6. The van der Waals surface area contributed by atoms with Gasteiger partial charge in [0.05, 0.1) is 7.11 Å². The second-order valence-electron chi connectivity index (χ2n) is 9.06. The number of alkyl carbamates (subject to hydrolysis) is 1. The van der Waals surface area contributed by atoms with Gasteiger partial charge >= 0.3 is 6.09 Å². The summed E-state index contributed by atoms with van der Waals surface area (Å²) >= 11 is 0. The molecule has 180 valence electrons. The maximum Gasteiger partial charge on any atom is 0.408 e. The summed E-state index contributed by atoms with van der Waals surface area (Å²) in [6, 6.07) is 17.3. The molecule has 1 heterocycles. The number of hydrogen-bond donors (Lipinski definition) is 1. The van der Waals surface area contributed by atoms with Crippen LogP contribution in [0.5, 0.6) is 0 Å². The molecule has 7 heteroatoms. The number of amides is 2. The zero-order chi connectivity index (χ0) is 24.7. The number of nitrogens with zero attached hydrogens (tertiary/aromatic N) is 2. The van der Waals surface area contributed by atoms with E-state index in [1.165, 1.54) is 14.2 Å². The molecule has 0 saturated carbocycles. The van der Waals surface area contributed by atoms with E-state index in [2.05, 4.69) is 40.2 Å². The van der Waals surface area contributed by atoms with E-state index in [1.807, 2.05) is 42.6 Å². The number of ether oxygens (including phenoxy) is 1. The molecule has 2 amide bonds. The molecule has 34 heavy (non-hydrogen) atoms. The molecule has 3 aromatic rings. The number of carbonyl (C=O) groups is 2. The number of hydrogen-bond acceptors (Lipinski definition) is 4. The Hall–Kier alpha value is -3.58. The van der Waals surface area contributed by atoms with Gasteiger partial charge in [-0.25, -0.2) is 9.86 Å². The van der Waals surface area contributed by atoms with E-state index in [0.717, 1.165) is 27.1 Å². The fraction of sp³-hybridized carbons (Fsp3) is 0.333. The summed E-state index contributed by atoms with van der Waals surface area (Å²) in [5.41, 5.74) is 2.46. The summed E-state index contributed by atoms with van der Waals surface area (Å²) in [7, 11) is 2.93. The van der Waals surface area contributed by atoms with Crippen molar-refractivity contribution in [1.29, 1.82) is 0 Å². The zero-order valence-corrected chi connectivity index (χ0v) is 20.4. The van der Waals surface area contributed by atoms with Crippen LogP contribution in [0.15, 0.2) is 66.9 Å². The standard InChI is InChI=1S/C27H33N3O4/c1-27(2,3)34-26(32)28-23(25(31)29(4)33-5)18-21-19-30(24-16-10-9-15-22(21)24)17-11-14-20-12-7-6-8-13-20/h6-16,19,23H,17-18H2,1-5H3,(H,28,32). The van der Waals surface area contributed by atoms with E-state index in [4.69, 9.17) is 9.57 Å². The third-order valence-electron chi connectivity index (χ3n) is 5.28. The minimum absolute atomic E-state index is 0.293. The molecule has 1 atom stereocenters. The van der Waals surface area contributed by atoms with Gasteiger partial charge in [-0.3, -0.25) is 9.63 Å². The summed E-state index contributed by atoms with van der Waals surface area (Å²) < 4.78 is 7.52. The van der Waals surface area contributed by atoms with Crippen LogP contribution >= 0.6 is 0 Å². The van der Waals surface area contributed by atoms with Crippen LogP contribution in [0.3, 0.4) is 0 Å². The highest BCUT2D eigenvalue weighted by Crippen LogP contribution is 2.23. The van der Waals surface area contributed by atoms with Gasteiger partial charge in [-0.05, 0) is 38.0 Å². The van der Waals surface area contributed by atoms with E-state index in [-0.39, 0.29) is 5.91 Å². The van der Waals surface area contributed by atoms with Gasteiger partial charge in [-0.15, -0.1) is 0 Å². The zero-order valence-electron chi connectivity index (χ0n) is 20.4. The highest BCUT2D eigenvalue weighted by Gasteiger charge is 2.28. The van der Waals surface area contributed by atoms with Gasteiger partial charge in [-0.1, -0.05) is 60.7 Å². The van der Waals surface area contributed by atoms with Crippen LogP contribution in [0, 0.1) is 0 Å². The lowest BCUT2D eigenvalue weighted by molar-refractivity contribution is -0.171. The summed E-state index contributed by atoms with van der Waals surface area (Å²) in [5, 5.41) is 4.86. The summed E-state index contributed by atoms with van der Waals surface area (Å²) in [5.74, 6) is -0.367. The monoisotopic (exact) mass is 463 g/mol. The Morgan fingerprint density at radius 2 is 1.76 bits per heavy atom. The van der Waals surface area contributed by atoms with E-state index in [1.54, 1.807) is 20.8 Å². The highest BCUT2D eigenvalue weighted by atomic mass is 16.7. The first kappa shape index (κ1) is 25.1. The van der Waals surface area contributed by atoms with Crippen molar-refractivity contribution in [1.82, 2.24) is 14.9 Å². The van der Waals surface area contributed by atoms with Crippen molar-refractivity contribution in [3.05, 3.63) is 78.0 Å². The minimum Gasteiger partial charge on any atom is -0.444 e. The molecule has 7 nitrogen and oxygen atoms in total. The van der Waals surface area contributed by atoms with Crippen LogP contribution in [0.25, 0.3) is 17.0 Å². The number of likely N-dealkylation sites (N-methyl/N-ethyl adjacent to an activating group) is 1. The molecule has 0 saturated heterocycles. The van der Waals surface area contributed by atoms with Crippen LogP contribution < -0.4 is 5.32 Å². The van der Waals surface area contributed by atoms with Gasteiger partial charge in [0.15, 0.2) is 0 Å². The average molecular weight is 464 g/mol. The predicted octanol–water partition coefficient (Wildman–Crippen LogP) is 4.81. The van der Waals surface area contributed by atoms with Crippen LogP contribution in [0.1, 0.15) is 31.9 Å². The number of rotatable bonds is 8. The fourth-order valence-electron chi connectivity index (χ4n) is 3.68.